The van der Waals surface area contributed by atoms with E-state index in [0.717, 1.165) is 33.1 Å². The topological polar surface area (TPSA) is 105 Å². The Bertz CT molecular complexity index is 1740. The smallest absolute Gasteiger partial charge is 0.331 e. The number of furan rings is 2. The molecule has 0 atom stereocenters. The Morgan fingerprint density at radius 1 is 0.619 bits per heavy atom. The molecule has 0 bridgehead atoms. The molecule has 6 aromatic rings. The number of hydrogen-bond acceptors (Lipinski definition) is 8. The molecule has 0 N–H and O–H groups in total. The van der Waals surface area contributed by atoms with Gasteiger partial charge in [-0.2, -0.15) is 0 Å². The van der Waals surface area contributed by atoms with Gasteiger partial charge in [0.05, 0.1) is 11.4 Å². The number of esters is 2. The lowest BCUT2D eigenvalue weighted by atomic mass is 10.1. The van der Waals surface area contributed by atoms with Crippen LogP contribution in [0.1, 0.15) is 22.6 Å². The van der Waals surface area contributed by atoms with Crippen LogP contribution in [0, 0.1) is 0 Å². The lowest BCUT2D eigenvalue weighted by Gasteiger charge is -2.07. The van der Waals surface area contributed by atoms with Crippen molar-refractivity contribution in [2.45, 2.75) is 13.2 Å². The average molecular weight is 557 g/mol. The van der Waals surface area contributed by atoms with Gasteiger partial charge in [0.2, 0.25) is 0 Å². The highest BCUT2D eigenvalue weighted by Crippen LogP contribution is 2.21. The van der Waals surface area contributed by atoms with Crippen molar-refractivity contribution in [1.29, 1.82) is 0 Å². The number of carbonyl (C=O) groups is 2. The third-order valence-electron chi connectivity index (χ3n) is 6.33. The molecule has 0 radical (unpaired) electrons. The Kier molecular flexibility index (Phi) is 7.67. The summed E-state index contributed by atoms with van der Waals surface area (Å²) < 4.78 is 22.1. The molecule has 206 valence electrons. The highest BCUT2D eigenvalue weighted by molar-refractivity contribution is 5.89. The van der Waals surface area contributed by atoms with E-state index in [1.54, 1.807) is 48.8 Å². The van der Waals surface area contributed by atoms with Gasteiger partial charge in [0.1, 0.15) is 35.9 Å². The fraction of sp³-hybridized carbons (Fsp3) is 0.0588. The Balaban J connectivity index is 1.03. The van der Waals surface area contributed by atoms with E-state index < -0.39 is 11.9 Å². The molecule has 0 fully saturated rings. The summed E-state index contributed by atoms with van der Waals surface area (Å²) in [6.45, 7) is 0.126. The second-order valence-corrected chi connectivity index (χ2v) is 9.35. The first kappa shape index (κ1) is 26.5. The van der Waals surface area contributed by atoms with E-state index >= 15 is 0 Å². The molecule has 4 aromatic heterocycles. The number of benzene rings is 2. The van der Waals surface area contributed by atoms with Crippen molar-refractivity contribution in [3.8, 4) is 11.4 Å². The van der Waals surface area contributed by atoms with Gasteiger partial charge < -0.3 is 18.3 Å². The van der Waals surface area contributed by atoms with Crippen molar-refractivity contribution in [2.24, 2.45) is 0 Å². The SMILES string of the molecule is O=C(/C=C/c1cc2ccccc2o1)OCc1ccnc(-c2cc(COC(=O)/C=C/c3cc4ccccc4o3)ccn2)c1. The van der Waals surface area contributed by atoms with Crippen molar-refractivity contribution < 1.29 is 27.9 Å². The molecular formula is C34H24N2O6. The Morgan fingerprint density at radius 2 is 1.07 bits per heavy atom. The number of fused-ring (bicyclic) bond motifs is 2. The Morgan fingerprint density at radius 3 is 1.52 bits per heavy atom. The van der Waals surface area contributed by atoms with Crippen LogP contribution < -0.4 is 0 Å². The van der Waals surface area contributed by atoms with Gasteiger partial charge in [0.15, 0.2) is 0 Å². The largest absolute Gasteiger partial charge is 0.458 e. The van der Waals surface area contributed by atoms with Crippen LogP contribution in [0.4, 0.5) is 0 Å². The highest BCUT2D eigenvalue weighted by atomic mass is 16.5. The highest BCUT2D eigenvalue weighted by Gasteiger charge is 2.08. The zero-order valence-electron chi connectivity index (χ0n) is 22.3. The van der Waals surface area contributed by atoms with Gasteiger partial charge in [-0.15, -0.1) is 0 Å². The fourth-order valence-corrected chi connectivity index (χ4v) is 4.28. The van der Waals surface area contributed by atoms with Gasteiger partial charge in [-0.05, 0) is 71.8 Å². The molecule has 8 nitrogen and oxygen atoms in total. The van der Waals surface area contributed by atoms with Crippen molar-refractivity contribution in [2.75, 3.05) is 0 Å². The molecule has 2 aromatic carbocycles. The number of hydrogen-bond donors (Lipinski definition) is 0. The van der Waals surface area contributed by atoms with Crippen molar-refractivity contribution in [1.82, 2.24) is 9.97 Å². The number of rotatable bonds is 9. The molecule has 0 unspecified atom stereocenters. The molecule has 0 spiro atoms. The van der Waals surface area contributed by atoms with Crippen LogP contribution in [0.3, 0.4) is 0 Å². The van der Waals surface area contributed by atoms with Gasteiger partial charge in [0, 0.05) is 35.3 Å². The minimum atomic E-state index is -0.495. The molecule has 0 aliphatic rings. The fourth-order valence-electron chi connectivity index (χ4n) is 4.28. The van der Waals surface area contributed by atoms with Crippen molar-refractivity contribution in [3.05, 3.63) is 132 Å². The maximum Gasteiger partial charge on any atom is 0.331 e. The van der Waals surface area contributed by atoms with Gasteiger partial charge in [-0.1, -0.05) is 36.4 Å². The van der Waals surface area contributed by atoms with E-state index in [1.807, 2.05) is 60.7 Å². The summed E-state index contributed by atoms with van der Waals surface area (Å²) in [5.41, 5.74) is 4.20. The molecule has 0 saturated carbocycles. The summed E-state index contributed by atoms with van der Waals surface area (Å²) in [6, 6.07) is 26.1. The van der Waals surface area contributed by atoms with Gasteiger partial charge in [-0.25, -0.2) is 9.59 Å². The number of ether oxygens (including phenoxy) is 2. The number of para-hydroxylation sites is 2. The van der Waals surface area contributed by atoms with Crippen LogP contribution in [0.15, 0.2) is 118 Å². The molecule has 6 rings (SSSR count). The van der Waals surface area contributed by atoms with Crippen LogP contribution in [-0.4, -0.2) is 21.9 Å². The minimum absolute atomic E-state index is 0.0632. The summed E-state index contributed by atoms with van der Waals surface area (Å²) in [4.78, 5) is 33.3. The number of pyridine rings is 2. The molecule has 42 heavy (non-hydrogen) atoms. The summed E-state index contributed by atoms with van der Waals surface area (Å²) >= 11 is 0. The van der Waals surface area contributed by atoms with Crippen molar-refractivity contribution >= 4 is 46.0 Å². The maximum absolute atomic E-state index is 12.3. The van der Waals surface area contributed by atoms with Gasteiger partial charge >= 0.3 is 11.9 Å². The first-order valence-electron chi connectivity index (χ1n) is 13.2. The summed E-state index contributed by atoms with van der Waals surface area (Å²) in [5, 5.41) is 1.92. The monoisotopic (exact) mass is 556 g/mol. The molecule has 0 amide bonds. The standard InChI is InChI=1S/C34H24N2O6/c37-33(11-9-27-19-25-5-1-3-7-31(25)41-27)39-21-23-13-15-35-29(17-23)30-18-24(14-16-36-30)22-40-34(38)12-10-28-20-26-6-2-4-8-32(26)42-28/h1-20H,21-22H2/b11-9+,12-10+. The maximum atomic E-state index is 12.3. The third-order valence-corrected chi connectivity index (χ3v) is 6.33. The molecule has 0 aliphatic carbocycles. The van der Waals surface area contributed by atoms with E-state index in [4.69, 9.17) is 18.3 Å². The molecule has 8 heteroatoms. The Labute approximate surface area is 240 Å². The second kappa shape index (κ2) is 12.2. The van der Waals surface area contributed by atoms with Crippen LogP contribution in [0.2, 0.25) is 0 Å². The lowest BCUT2D eigenvalue weighted by Crippen LogP contribution is -2.02. The van der Waals surface area contributed by atoms with Gasteiger partial charge in [0.25, 0.3) is 0 Å². The number of carbonyl (C=O) groups excluding carboxylic acids is 2. The van der Waals surface area contributed by atoms with Crippen LogP contribution >= 0.6 is 0 Å². The van der Waals surface area contributed by atoms with Gasteiger partial charge in [-0.3, -0.25) is 9.97 Å². The number of aromatic nitrogens is 2. The predicted octanol–water partition coefficient (Wildman–Crippen LogP) is 7.15. The molecule has 0 saturated heterocycles. The van der Waals surface area contributed by atoms with Crippen LogP contribution in [0.5, 0.6) is 0 Å². The minimum Gasteiger partial charge on any atom is -0.458 e. The van der Waals surface area contributed by atoms with Crippen molar-refractivity contribution in [3.63, 3.8) is 0 Å². The van der Waals surface area contributed by atoms with E-state index in [1.165, 1.54) is 12.2 Å². The second-order valence-electron chi connectivity index (χ2n) is 9.35. The molecular weight excluding hydrogens is 532 g/mol. The third kappa shape index (κ3) is 6.51. The van der Waals surface area contributed by atoms with E-state index in [0.29, 0.717) is 22.9 Å². The van der Waals surface area contributed by atoms with E-state index in [2.05, 4.69) is 9.97 Å². The summed E-state index contributed by atoms with van der Waals surface area (Å²) in [7, 11) is 0. The van der Waals surface area contributed by atoms with Crippen LogP contribution in [0.25, 0.3) is 45.5 Å². The normalized spacial score (nSPS) is 11.5. The summed E-state index contributed by atoms with van der Waals surface area (Å²) in [5.74, 6) is 0.145. The number of nitrogens with zero attached hydrogens (tertiary/aromatic N) is 2. The first-order chi connectivity index (χ1) is 20.6. The first-order valence-corrected chi connectivity index (χ1v) is 13.2. The lowest BCUT2D eigenvalue weighted by molar-refractivity contribution is -0.139. The quantitative estimate of drug-likeness (QED) is 0.137. The zero-order chi connectivity index (χ0) is 28.7. The predicted molar refractivity (Wildman–Crippen MR) is 158 cm³/mol. The molecule has 4 heterocycles. The average Bonchev–Trinajstić information content (AvgIpc) is 3.65. The van der Waals surface area contributed by atoms with Crippen LogP contribution in [-0.2, 0) is 32.3 Å². The summed E-state index contributed by atoms with van der Waals surface area (Å²) in [6.07, 6.45) is 9.07. The molecule has 0 aliphatic heterocycles. The van der Waals surface area contributed by atoms with E-state index in [9.17, 15) is 9.59 Å². The van der Waals surface area contributed by atoms with E-state index in [-0.39, 0.29) is 13.2 Å². The Hall–Kier alpha value is -5.76. The zero-order valence-corrected chi connectivity index (χ0v) is 22.3.